The molecule has 7 atom stereocenters. The second-order valence-electron chi connectivity index (χ2n) is 12.2. The zero-order valence-corrected chi connectivity index (χ0v) is 26.2. The molecule has 0 spiro atoms. The van der Waals surface area contributed by atoms with Crippen LogP contribution in [0.15, 0.2) is 76.4 Å². The predicted octanol–water partition coefficient (Wildman–Crippen LogP) is 3.29. The molecule has 7 rings (SSSR count). The smallest absolute Gasteiger partial charge is 0.330 e. The van der Waals surface area contributed by atoms with E-state index in [0.29, 0.717) is 24.6 Å². The van der Waals surface area contributed by atoms with Crippen molar-refractivity contribution in [3.8, 4) is 0 Å². The van der Waals surface area contributed by atoms with E-state index in [1.165, 1.54) is 14.9 Å². The lowest BCUT2D eigenvalue weighted by atomic mass is 9.96. The second-order valence-corrected chi connectivity index (χ2v) is 17.9. The summed E-state index contributed by atoms with van der Waals surface area (Å²) in [6.07, 6.45) is 2.96. The fraction of sp³-hybridized carbons (Fsp3) is 0.484. The van der Waals surface area contributed by atoms with Gasteiger partial charge in [-0.2, -0.15) is 0 Å². The van der Waals surface area contributed by atoms with E-state index in [1.54, 1.807) is 13.1 Å². The number of aromatic nitrogens is 2. The van der Waals surface area contributed by atoms with Gasteiger partial charge in [0.25, 0.3) is 14.1 Å². The van der Waals surface area contributed by atoms with Crippen molar-refractivity contribution in [2.24, 2.45) is 0 Å². The first-order chi connectivity index (χ1) is 20.3. The molecule has 2 bridgehead atoms. The number of benzene rings is 2. The Kier molecular flexibility index (Phi) is 7.38. The number of aryl methyl sites for hydroxylation is 1. The van der Waals surface area contributed by atoms with E-state index in [9.17, 15) is 9.59 Å². The Labute approximate surface area is 247 Å². The van der Waals surface area contributed by atoms with Gasteiger partial charge < -0.3 is 18.5 Å². The van der Waals surface area contributed by atoms with Gasteiger partial charge in [-0.15, -0.1) is 0 Å². The first-order valence-corrected chi connectivity index (χ1v) is 18.8. The molecule has 0 amide bonds. The van der Waals surface area contributed by atoms with Crippen LogP contribution in [-0.4, -0.2) is 65.4 Å². The molecule has 0 radical (unpaired) electrons. The Morgan fingerprint density at radius 3 is 2.45 bits per heavy atom. The molecule has 4 saturated heterocycles. The maximum atomic E-state index is 12.8. The van der Waals surface area contributed by atoms with Crippen molar-refractivity contribution in [2.75, 3.05) is 13.2 Å². The van der Waals surface area contributed by atoms with Gasteiger partial charge in [-0.05, 0) is 32.2 Å². The van der Waals surface area contributed by atoms with Crippen molar-refractivity contribution >= 4 is 27.0 Å². The largest absolute Gasteiger partial charge is 0.368 e. The van der Waals surface area contributed by atoms with Gasteiger partial charge in [-0.1, -0.05) is 84.5 Å². The van der Waals surface area contributed by atoms with Crippen LogP contribution in [0.25, 0.3) is 0 Å². The summed E-state index contributed by atoms with van der Waals surface area (Å²) in [6.45, 7) is 7.54. The summed E-state index contributed by atoms with van der Waals surface area (Å²) in [7, 11) is -3.46. The van der Waals surface area contributed by atoms with E-state index < -0.39 is 45.8 Å². The molecule has 1 unspecified atom stereocenters. The molecular formula is C31H38N3O6PSi. The van der Waals surface area contributed by atoms with Crippen LogP contribution in [0.2, 0.25) is 12.6 Å². The van der Waals surface area contributed by atoms with Gasteiger partial charge in [0.2, 0.25) is 0 Å². The highest BCUT2D eigenvalue weighted by atomic mass is 31.2. The average molecular weight is 608 g/mol. The molecule has 0 aliphatic carbocycles. The third-order valence-corrected chi connectivity index (χ3v) is 16.0. The van der Waals surface area contributed by atoms with E-state index in [2.05, 4.69) is 83.8 Å². The second kappa shape index (κ2) is 10.9. The van der Waals surface area contributed by atoms with Crippen LogP contribution in [0, 0.1) is 6.92 Å². The van der Waals surface area contributed by atoms with Gasteiger partial charge in [-0.3, -0.25) is 14.3 Å². The number of fused-ring (bicyclic) bond motifs is 3. The summed E-state index contributed by atoms with van der Waals surface area (Å²) in [4.78, 5) is 27.2. The molecule has 0 saturated carbocycles. The number of nitrogens with zero attached hydrogens (tertiary/aromatic N) is 2. The van der Waals surface area contributed by atoms with Crippen LogP contribution in [0.4, 0.5) is 0 Å². The number of hydrogen-bond donors (Lipinski definition) is 1. The van der Waals surface area contributed by atoms with Gasteiger partial charge in [0.15, 0.2) is 6.23 Å². The highest BCUT2D eigenvalue weighted by molar-refractivity contribution is 7.45. The summed E-state index contributed by atoms with van der Waals surface area (Å²) < 4.78 is 30.5. The fourth-order valence-corrected chi connectivity index (χ4v) is 13.3. The van der Waals surface area contributed by atoms with Gasteiger partial charge in [0.05, 0.1) is 12.7 Å². The maximum Gasteiger partial charge on any atom is 0.330 e. The van der Waals surface area contributed by atoms with E-state index in [-0.39, 0.29) is 12.2 Å². The molecule has 9 nitrogen and oxygen atoms in total. The van der Waals surface area contributed by atoms with Crippen LogP contribution in [0.5, 0.6) is 0 Å². The van der Waals surface area contributed by atoms with Crippen LogP contribution in [0.1, 0.15) is 38.0 Å². The monoisotopic (exact) mass is 607 g/mol. The Balaban J connectivity index is 1.16. The molecule has 222 valence electrons. The van der Waals surface area contributed by atoms with Crippen LogP contribution < -0.4 is 21.6 Å². The number of aromatic amines is 1. The number of ether oxygens (including phenoxy) is 2. The highest BCUT2D eigenvalue weighted by Crippen LogP contribution is 2.61. The van der Waals surface area contributed by atoms with E-state index in [0.717, 1.165) is 25.4 Å². The van der Waals surface area contributed by atoms with Crippen molar-refractivity contribution in [2.45, 2.75) is 81.9 Å². The Hall–Kier alpha value is -2.43. The summed E-state index contributed by atoms with van der Waals surface area (Å²) in [5, 5.41) is 2.82. The summed E-state index contributed by atoms with van der Waals surface area (Å²) in [6, 6.07) is 23.1. The molecule has 1 N–H and O–H groups in total. The Morgan fingerprint density at radius 1 is 1.10 bits per heavy atom. The molecule has 4 aliphatic heterocycles. The van der Waals surface area contributed by atoms with Crippen molar-refractivity contribution < 1.29 is 18.5 Å². The average Bonchev–Trinajstić information content (AvgIpc) is 3.77. The number of hydrogen-bond acceptors (Lipinski definition) is 7. The van der Waals surface area contributed by atoms with E-state index >= 15 is 0 Å². The van der Waals surface area contributed by atoms with Crippen molar-refractivity contribution in [3.05, 3.63) is 93.3 Å². The minimum absolute atomic E-state index is 0.0643. The standard InChI is InChI=1S/C31H38N3O6PSi/c1-4-31-20-37-26(29(38-31)33-18-21(2)28(35)32-30(33)36)27(31)40-41-34-17-11-16-24(34)25(39-41)19-42(3,22-12-7-5-8-13-22)23-14-9-6-10-15-23/h5-10,12-15,18,24-27,29H,4,11,16-17,19-20H2,1-3H3,(H,32,35,36)/t24-,25+,26-,27?,29+,31+,41+/m0/s1. The zero-order valence-electron chi connectivity index (χ0n) is 24.3. The molecule has 1 aromatic heterocycles. The molecule has 2 aromatic carbocycles. The van der Waals surface area contributed by atoms with Crippen LogP contribution in [-0.2, 0) is 18.5 Å². The zero-order chi connectivity index (χ0) is 29.1. The highest BCUT2D eigenvalue weighted by Gasteiger charge is 2.64. The molecule has 11 heteroatoms. The van der Waals surface area contributed by atoms with Gasteiger partial charge >= 0.3 is 5.69 Å². The summed E-state index contributed by atoms with van der Waals surface area (Å²) >= 11 is 0. The molecule has 4 aliphatic rings. The predicted molar refractivity (Wildman–Crippen MR) is 164 cm³/mol. The Morgan fingerprint density at radius 2 is 1.79 bits per heavy atom. The lowest BCUT2D eigenvalue weighted by Gasteiger charge is -2.32. The SMILES string of the molecule is CC[C@@]12CO[C@@H](C1O[P@@]1O[C@H](C[Si](C)(c3ccccc3)c3ccccc3)[C@@H]3CCCN31)[C@H](n1cc(C)c(=O)[nH]c1=O)O2. The third kappa shape index (κ3) is 4.59. The molecule has 42 heavy (non-hydrogen) atoms. The number of rotatable bonds is 8. The summed E-state index contributed by atoms with van der Waals surface area (Å²) in [5.41, 5.74) is -1.15. The van der Waals surface area contributed by atoms with Gasteiger partial charge in [0.1, 0.15) is 25.9 Å². The van der Waals surface area contributed by atoms with Crippen molar-refractivity contribution in [3.63, 3.8) is 0 Å². The van der Waals surface area contributed by atoms with Crippen molar-refractivity contribution in [1.82, 2.24) is 14.2 Å². The van der Waals surface area contributed by atoms with Crippen LogP contribution in [0.3, 0.4) is 0 Å². The molecular weight excluding hydrogens is 569 g/mol. The lowest BCUT2D eigenvalue weighted by Crippen LogP contribution is -2.58. The topological polar surface area (TPSA) is 95.0 Å². The fourth-order valence-electron chi connectivity index (χ4n) is 7.26. The van der Waals surface area contributed by atoms with Gasteiger partial charge in [0, 0.05) is 24.3 Å². The normalized spacial score (nSPS) is 32.5. The Bertz CT molecular complexity index is 1510. The van der Waals surface area contributed by atoms with Crippen molar-refractivity contribution in [1.29, 1.82) is 0 Å². The molecule has 3 aromatic rings. The lowest BCUT2D eigenvalue weighted by molar-refractivity contribution is -0.175. The minimum atomic E-state index is -2.12. The van der Waals surface area contributed by atoms with E-state index in [1.807, 2.05) is 0 Å². The van der Waals surface area contributed by atoms with Gasteiger partial charge in [-0.25, -0.2) is 9.46 Å². The quantitative estimate of drug-likeness (QED) is 0.310. The first-order valence-electron chi connectivity index (χ1n) is 15.0. The van der Waals surface area contributed by atoms with Crippen LogP contribution >= 0.6 is 8.53 Å². The maximum absolute atomic E-state index is 12.8. The molecule has 4 fully saturated rings. The summed E-state index contributed by atoms with van der Waals surface area (Å²) in [5.74, 6) is 0. The number of H-pyrrole nitrogens is 1. The third-order valence-electron chi connectivity index (χ3n) is 9.76. The van der Waals surface area contributed by atoms with E-state index in [4.69, 9.17) is 18.5 Å². The minimum Gasteiger partial charge on any atom is -0.368 e. The number of nitrogens with one attached hydrogen (secondary N) is 1. The first kappa shape index (κ1) is 28.3. The molecule has 5 heterocycles.